The molecule has 0 saturated heterocycles. The van der Waals surface area contributed by atoms with Crippen LogP contribution in [0.3, 0.4) is 0 Å². The van der Waals surface area contributed by atoms with Gasteiger partial charge in [-0.25, -0.2) is 0 Å². The van der Waals surface area contributed by atoms with E-state index in [2.05, 4.69) is 33.4 Å². The largest absolute Gasteiger partial charge is 0.378 e. The van der Waals surface area contributed by atoms with Crippen LogP contribution in [0.5, 0.6) is 0 Å². The Morgan fingerprint density at radius 1 is 1.14 bits per heavy atom. The number of benzene rings is 2. The highest BCUT2D eigenvalue weighted by Gasteiger charge is 2.45. The second-order valence-corrected chi connectivity index (χ2v) is 6.90. The number of carbonyl (C=O) groups excluding carboxylic acids is 1. The summed E-state index contributed by atoms with van der Waals surface area (Å²) in [7, 11) is 3.95. The first kappa shape index (κ1) is 15.1. The van der Waals surface area contributed by atoms with Crippen molar-refractivity contribution in [3.63, 3.8) is 0 Å². The van der Waals surface area contributed by atoms with E-state index in [1.165, 1.54) is 5.56 Å². The fraction of sp³-hybridized carbons (Fsp3) is 0.278. The van der Waals surface area contributed by atoms with Crippen LogP contribution in [-0.2, 0) is 5.54 Å². The van der Waals surface area contributed by atoms with Crippen molar-refractivity contribution in [3.05, 3.63) is 64.1 Å². The van der Waals surface area contributed by atoms with Gasteiger partial charge in [0.2, 0.25) is 0 Å². The van der Waals surface area contributed by atoms with Crippen molar-refractivity contribution in [1.82, 2.24) is 5.32 Å². The molecule has 0 bridgehead atoms. The zero-order valence-electron chi connectivity index (χ0n) is 12.8. The third-order valence-corrected chi connectivity index (χ3v) is 4.65. The molecule has 0 aromatic heterocycles. The van der Waals surface area contributed by atoms with Crippen LogP contribution in [-0.4, -0.2) is 20.0 Å². The molecule has 1 aliphatic carbocycles. The lowest BCUT2D eigenvalue weighted by molar-refractivity contribution is 0.0931. The first-order valence-electron chi connectivity index (χ1n) is 7.36. The first-order valence-corrected chi connectivity index (χ1v) is 8.15. The van der Waals surface area contributed by atoms with Gasteiger partial charge in [-0.1, -0.05) is 34.1 Å². The van der Waals surface area contributed by atoms with Gasteiger partial charge in [0.1, 0.15) is 0 Å². The Morgan fingerprint density at radius 3 is 2.41 bits per heavy atom. The second kappa shape index (κ2) is 5.76. The Labute approximate surface area is 139 Å². The van der Waals surface area contributed by atoms with E-state index in [4.69, 9.17) is 0 Å². The highest BCUT2D eigenvalue weighted by molar-refractivity contribution is 9.10. The SMILES string of the molecule is CN(C)c1cccc(C(=O)NC2(c3ccc(Br)cc3)CC2)c1. The van der Waals surface area contributed by atoms with Gasteiger partial charge in [-0.3, -0.25) is 4.79 Å². The van der Waals surface area contributed by atoms with E-state index in [-0.39, 0.29) is 11.4 Å². The predicted octanol–water partition coefficient (Wildman–Crippen LogP) is 3.93. The maximum Gasteiger partial charge on any atom is 0.252 e. The molecule has 2 aromatic carbocycles. The van der Waals surface area contributed by atoms with Gasteiger partial charge >= 0.3 is 0 Å². The highest BCUT2D eigenvalue weighted by atomic mass is 79.9. The lowest BCUT2D eigenvalue weighted by Crippen LogP contribution is -2.34. The van der Waals surface area contributed by atoms with E-state index in [1.54, 1.807) is 0 Å². The van der Waals surface area contributed by atoms with Crippen molar-refractivity contribution in [2.75, 3.05) is 19.0 Å². The third kappa shape index (κ3) is 3.02. The quantitative estimate of drug-likeness (QED) is 0.897. The maximum absolute atomic E-state index is 12.6. The van der Waals surface area contributed by atoms with Crippen molar-refractivity contribution < 1.29 is 4.79 Å². The summed E-state index contributed by atoms with van der Waals surface area (Å²) >= 11 is 3.45. The van der Waals surface area contributed by atoms with Gasteiger partial charge in [-0.2, -0.15) is 0 Å². The van der Waals surface area contributed by atoms with Crippen molar-refractivity contribution in [2.45, 2.75) is 18.4 Å². The van der Waals surface area contributed by atoms with Crippen molar-refractivity contribution in [3.8, 4) is 0 Å². The van der Waals surface area contributed by atoms with Gasteiger partial charge in [0.15, 0.2) is 0 Å². The molecule has 0 unspecified atom stereocenters. The molecule has 4 heteroatoms. The number of hydrogen-bond acceptors (Lipinski definition) is 2. The van der Waals surface area contributed by atoms with Gasteiger partial charge in [0.25, 0.3) is 5.91 Å². The number of nitrogens with one attached hydrogen (secondary N) is 1. The highest BCUT2D eigenvalue weighted by Crippen LogP contribution is 2.45. The number of nitrogens with zero attached hydrogens (tertiary/aromatic N) is 1. The molecule has 1 amide bonds. The minimum absolute atomic E-state index is 0.0101. The third-order valence-electron chi connectivity index (χ3n) is 4.12. The fourth-order valence-electron chi connectivity index (χ4n) is 2.59. The van der Waals surface area contributed by atoms with Crippen LogP contribution < -0.4 is 10.2 Å². The molecule has 0 atom stereocenters. The van der Waals surface area contributed by atoms with Gasteiger partial charge in [-0.05, 0) is 48.7 Å². The monoisotopic (exact) mass is 358 g/mol. The standard InChI is InChI=1S/C18H19BrN2O/c1-21(2)16-5-3-4-13(12-16)17(22)20-18(10-11-18)14-6-8-15(19)9-7-14/h3-9,12H,10-11H2,1-2H3,(H,20,22). The minimum atomic E-state index is -0.189. The van der Waals surface area contributed by atoms with E-state index in [0.717, 1.165) is 23.0 Å². The number of amides is 1. The molecule has 0 heterocycles. The number of hydrogen-bond donors (Lipinski definition) is 1. The van der Waals surface area contributed by atoms with E-state index in [9.17, 15) is 4.79 Å². The summed E-state index contributed by atoms with van der Waals surface area (Å²) in [5.74, 6) is -0.0101. The Hall–Kier alpha value is -1.81. The Balaban J connectivity index is 1.79. The molecule has 0 aliphatic heterocycles. The van der Waals surface area contributed by atoms with Crippen LogP contribution in [0.15, 0.2) is 53.0 Å². The van der Waals surface area contributed by atoms with Crippen LogP contribution in [0.4, 0.5) is 5.69 Å². The Morgan fingerprint density at radius 2 is 1.82 bits per heavy atom. The molecule has 1 aliphatic rings. The predicted molar refractivity (Wildman–Crippen MR) is 93.3 cm³/mol. The molecule has 1 fully saturated rings. The van der Waals surface area contributed by atoms with Crippen molar-refractivity contribution in [1.29, 1.82) is 0 Å². The van der Waals surface area contributed by atoms with Crippen LogP contribution in [0, 0.1) is 0 Å². The molecule has 3 nitrogen and oxygen atoms in total. The number of halogens is 1. The smallest absolute Gasteiger partial charge is 0.252 e. The van der Waals surface area contributed by atoms with Gasteiger partial charge in [-0.15, -0.1) is 0 Å². The summed E-state index contributed by atoms with van der Waals surface area (Å²) in [4.78, 5) is 14.6. The zero-order chi connectivity index (χ0) is 15.7. The molecule has 114 valence electrons. The number of carbonyl (C=O) groups is 1. The lowest BCUT2D eigenvalue weighted by Gasteiger charge is -2.19. The summed E-state index contributed by atoms with van der Waals surface area (Å²) in [6, 6.07) is 15.9. The summed E-state index contributed by atoms with van der Waals surface area (Å²) in [6.45, 7) is 0. The Bertz CT molecular complexity index is 690. The van der Waals surface area contributed by atoms with E-state index in [0.29, 0.717) is 5.56 Å². The molecule has 1 saturated carbocycles. The molecule has 0 spiro atoms. The molecule has 3 rings (SSSR count). The summed E-state index contributed by atoms with van der Waals surface area (Å²) in [5, 5.41) is 3.21. The zero-order valence-corrected chi connectivity index (χ0v) is 14.4. The molecule has 2 aromatic rings. The normalized spacial score (nSPS) is 15.2. The first-order chi connectivity index (χ1) is 10.5. The van der Waals surface area contributed by atoms with Crippen LogP contribution in [0.2, 0.25) is 0 Å². The molecular formula is C18H19BrN2O. The lowest BCUT2D eigenvalue weighted by atomic mass is 10.0. The fourth-order valence-corrected chi connectivity index (χ4v) is 2.86. The van der Waals surface area contributed by atoms with Crippen molar-refractivity contribution in [2.24, 2.45) is 0 Å². The van der Waals surface area contributed by atoms with Crippen LogP contribution in [0.25, 0.3) is 0 Å². The summed E-state index contributed by atoms with van der Waals surface area (Å²) < 4.78 is 1.05. The van der Waals surface area contributed by atoms with Gasteiger partial charge in [0, 0.05) is 29.8 Å². The molecular weight excluding hydrogens is 340 g/mol. The van der Waals surface area contributed by atoms with Crippen LogP contribution in [0.1, 0.15) is 28.8 Å². The molecule has 0 radical (unpaired) electrons. The minimum Gasteiger partial charge on any atom is -0.378 e. The average Bonchev–Trinajstić information content (AvgIpc) is 3.28. The summed E-state index contributed by atoms with van der Waals surface area (Å²) in [6.07, 6.45) is 1.99. The van der Waals surface area contributed by atoms with Crippen LogP contribution >= 0.6 is 15.9 Å². The van der Waals surface area contributed by atoms with E-state index in [1.807, 2.05) is 55.4 Å². The van der Waals surface area contributed by atoms with Crippen molar-refractivity contribution >= 4 is 27.5 Å². The second-order valence-electron chi connectivity index (χ2n) is 5.99. The number of rotatable bonds is 4. The number of anilines is 1. The van der Waals surface area contributed by atoms with Gasteiger partial charge < -0.3 is 10.2 Å². The molecule has 1 N–H and O–H groups in total. The Kier molecular flexibility index (Phi) is 3.96. The summed E-state index contributed by atoms with van der Waals surface area (Å²) in [5.41, 5.74) is 2.72. The van der Waals surface area contributed by atoms with E-state index >= 15 is 0 Å². The average molecular weight is 359 g/mol. The topological polar surface area (TPSA) is 32.3 Å². The van der Waals surface area contributed by atoms with E-state index < -0.39 is 0 Å². The molecule has 22 heavy (non-hydrogen) atoms. The van der Waals surface area contributed by atoms with Gasteiger partial charge in [0.05, 0.1) is 5.54 Å². The maximum atomic E-state index is 12.6.